The Morgan fingerprint density at radius 1 is 1.21 bits per heavy atom. The van der Waals surface area contributed by atoms with E-state index in [1.165, 1.54) is 29.9 Å². The summed E-state index contributed by atoms with van der Waals surface area (Å²) < 4.78 is 6.47. The van der Waals surface area contributed by atoms with Gasteiger partial charge in [0.25, 0.3) is 11.2 Å². The second-order valence-corrected chi connectivity index (χ2v) is 6.50. The highest BCUT2D eigenvalue weighted by Gasteiger charge is 2.23. The molecular formula is C22H20N2O5. The number of carbonyl (C=O) groups excluding carboxylic acids is 1. The predicted molar refractivity (Wildman–Crippen MR) is 110 cm³/mol. The number of allylic oxidation sites excluding steroid dienone is 1. The lowest BCUT2D eigenvalue weighted by molar-refractivity contribution is -0.384. The Morgan fingerprint density at radius 3 is 2.55 bits per heavy atom. The summed E-state index contributed by atoms with van der Waals surface area (Å²) in [4.78, 5) is 36.6. The Morgan fingerprint density at radius 2 is 1.93 bits per heavy atom. The molecule has 7 nitrogen and oxygen atoms in total. The molecule has 0 saturated heterocycles. The second kappa shape index (κ2) is 8.52. The SMILES string of the molecule is C=CCCc1c(C(=O)OC)c2ccc([N+](=O)[O-])cc2c(=O)n1Cc1ccccc1. The molecule has 148 valence electrons. The van der Waals surface area contributed by atoms with E-state index >= 15 is 0 Å². The largest absolute Gasteiger partial charge is 0.465 e. The van der Waals surface area contributed by atoms with Crippen molar-refractivity contribution in [2.45, 2.75) is 19.4 Å². The molecule has 0 amide bonds. The van der Waals surface area contributed by atoms with E-state index in [0.717, 1.165) is 5.56 Å². The van der Waals surface area contributed by atoms with E-state index in [9.17, 15) is 19.7 Å². The maximum absolute atomic E-state index is 13.3. The molecule has 0 aliphatic heterocycles. The van der Waals surface area contributed by atoms with Crippen LogP contribution in [0, 0.1) is 10.1 Å². The van der Waals surface area contributed by atoms with Gasteiger partial charge in [0.05, 0.1) is 29.5 Å². The average molecular weight is 392 g/mol. The summed E-state index contributed by atoms with van der Waals surface area (Å²) in [7, 11) is 1.27. The molecule has 29 heavy (non-hydrogen) atoms. The summed E-state index contributed by atoms with van der Waals surface area (Å²) in [6.07, 6.45) is 2.66. The quantitative estimate of drug-likeness (QED) is 0.263. The Kier molecular flexibility index (Phi) is 5.87. The molecule has 0 aliphatic carbocycles. The number of nitrogens with zero attached hydrogens (tertiary/aromatic N) is 2. The molecule has 0 radical (unpaired) electrons. The van der Waals surface area contributed by atoms with Crippen LogP contribution in [0.25, 0.3) is 10.8 Å². The number of non-ortho nitro benzene ring substituents is 1. The lowest BCUT2D eigenvalue weighted by Gasteiger charge is -2.18. The fourth-order valence-corrected chi connectivity index (χ4v) is 3.36. The van der Waals surface area contributed by atoms with Crippen molar-refractivity contribution >= 4 is 22.4 Å². The number of pyridine rings is 1. The summed E-state index contributed by atoms with van der Waals surface area (Å²) in [6.45, 7) is 3.95. The monoisotopic (exact) mass is 392 g/mol. The van der Waals surface area contributed by atoms with Gasteiger partial charge < -0.3 is 9.30 Å². The maximum atomic E-state index is 13.3. The van der Waals surface area contributed by atoms with E-state index in [1.54, 1.807) is 6.08 Å². The molecule has 2 aromatic carbocycles. The second-order valence-electron chi connectivity index (χ2n) is 6.50. The van der Waals surface area contributed by atoms with E-state index in [0.29, 0.717) is 23.9 Å². The summed E-state index contributed by atoms with van der Waals surface area (Å²) in [6, 6.07) is 13.3. The van der Waals surface area contributed by atoms with Gasteiger partial charge in [-0.15, -0.1) is 6.58 Å². The van der Waals surface area contributed by atoms with Crippen LogP contribution in [0.5, 0.6) is 0 Å². The van der Waals surface area contributed by atoms with Gasteiger partial charge >= 0.3 is 5.97 Å². The summed E-state index contributed by atoms with van der Waals surface area (Å²) >= 11 is 0. The molecule has 1 aromatic heterocycles. The van der Waals surface area contributed by atoms with E-state index in [-0.39, 0.29) is 28.7 Å². The highest BCUT2D eigenvalue weighted by molar-refractivity contribution is 6.05. The number of carbonyl (C=O) groups is 1. The van der Waals surface area contributed by atoms with Crippen molar-refractivity contribution < 1.29 is 14.5 Å². The fraction of sp³-hybridized carbons (Fsp3) is 0.182. The van der Waals surface area contributed by atoms with Crippen LogP contribution in [0.3, 0.4) is 0 Å². The third-order valence-corrected chi connectivity index (χ3v) is 4.73. The molecule has 0 unspecified atom stereocenters. The van der Waals surface area contributed by atoms with Crippen LogP contribution in [0.4, 0.5) is 5.69 Å². The normalized spacial score (nSPS) is 10.7. The first-order valence-electron chi connectivity index (χ1n) is 9.05. The summed E-state index contributed by atoms with van der Waals surface area (Å²) in [5.41, 5.74) is 1.03. The number of nitro benzene ring substituents is 1. The molecule has 0 spiro atoms. The van der Waals surface area contributed by atoms with Crippen molar-refractivity contribution in [2.75, 3.05) is 7.11 Å². The number of fused-ring (bicyclic) bond motifs is 1. The van der Waals surface area contributed by atoms with Crippen LogP contribution < -0.4 is 5.56 Å². The number of methoxy groups -OCH3 is 1. The minimum absolute atomic E-state index is 0.109. The van der Waals surface area contributed by atoms with Crippen molar-refractivity contribution in [1.29, 1.82) is 0 Å². The third-order valence-electron chi connectivity index (χ3n) is 4.73. The number of nitro groups is 1. The number of esters is 1. The number of rotatable bonds is 7. The molecule has 3 rings (SSSR count). The van der Waals surface area contributed by atoms with Crippen LogP contribution in [0.2, 0.25) is 0 Å². The maximum Gasteiger partial charge on any atom is 0.340 e. The van der Waals surface area contributed by atoms with E-state index in [4.69, 9.17) is 4.74 Å². The van der Waals surface area contributed by atoms with Gasteiger partial charge in [-0.1, -0.05) is 36.4 Å². The lowest BCUT2D eigenvalue weighted by atomic mass is 9.99. The van der Waals surface area contributed by atoms with E-state index < -0.39 is 10.9 Å². The summed E-state index contributed by atoms with van der Waals surface area (Å²) in [5, 5.41) is 11.7. The molecule has 0 aliphatic rings. The minimum atomic E-state index is -0.593. The van der Waals surface area contributed by atoms with E-state index in [1.807, 2.05) is 30.3 Å². The standard InChI is InChI=1S/C22H20N2O5/c1-3-4-10-19-20(22(26)29-2)17-12-11-16(24(27)28)13-18(17)21(25)23(19)14-15-8-6-5-7-9-15/h3,5-9,11-13H,1,4,10,14H2,2H3. The smallest absolute Gasteiger partial charge is 0.340 e. The molecule has 0 bridgehead atoms. The Labute approximate surface area is 167 Å². The number of ether oxygens (including phenoxy) is 1. The number of hydrogen-bond acceptors (Lipinski definition) is 5. The van der Waals surface area contributed by atoms with Gasteiger partial charge in [-0.2, -0.15) is 0 Å². The number of aromatic nitrogens is 1. The molecule has 0 fully saturated rings. The van der Waals surface area contributed by atoms with Crippen LogP contribution in [-0.2, 0) is 17.7 Å². The molecule has 1 heterocycles. The highest BCUT2D eigenvalue weighted by Crippen LogP contribution is 2.26. The highest BCUT2D eigenvalue weighted by atomic mass is 16.6. The molecule has 0 N–H and O–H groups in total. The predicted octanol–water partition coefficient (Wildman–Crippen LogP) is 3.86. The third kappa shape index (κ3) is 3.94. The van der Waals surface area contributed by atoms with Crippen molar-refractivity contribution in [3.63, 3.8) is 0 Å². The van der Waals surface area contributed by atoms with Gasteiger partial charge in [0.2, 0.25) is 0 Å². The average Bonchev–Trinajstić information content (AvgIpc) is 2.74. The molecule has 0 saturated carbocycles. The van der Waals surface area contributed by atoms with Crippen LogP contribution in [-0.4, -0.2) is 22.6 Å². The first-order chi connectivity index (χ1) is 14.0. The van der Waals surface area contributed by atoms with Gasteiger partial charge in [-0.25, -0.2) is 4.79 Å². The van der Waals surface area contributed by atoms with Gasteiger partial charge in [-0.05, 0) is 24.5 Å². The van der Waals surface area contributed by atoms with Crippen LogP contribution in [0.1, 0.15) is 28.0 Å². The van der Waals surface area contributed by atoms with E-state index in [2.05, 4.69) is 6.58 Å². The first-order valence-corrected chi connectivity index (χ1v) is 9.05. The number of benzene rings is 2. The summed E-state index contributed by atoms with van der Waals surface area (Å²) in [5.74, 6) is -0.593. The van der Waals surface area contributed by atoms with Gasteiger partial charge in [-0.3, -0.25) is 14.9 Å². The Bertz CT molecular complexity index is 1150. The molecule has 7 heteroatoms. The molecule has 0 atom stereocenters. The van der Waals surface area contributed by atoms with Gasteiger partial charge in [0.15, 0.2) is 0 Å². The van der Waals surface area contributed by atoms with Crippen LogP contribution in [0.15, 0.2) is 66.0 Å². The number of hydrogen-bond donors (Lipinski definition) is 0. The van der Waals surface area contributed by atoms with Crippen molar-refractivity contribution in [2.24, 2.45) is 0 Å². The topological polar surface area (TPSA) is 91.4 Å². The van der Waals surface area contributed by atoms with Crippen molar-refractivity contribution in [3.8, 4) is 0 Å². The molecular weight excluding hydrogens is 372 g/mol. The Hall–Kier alpha value is -3.74. The minimum Gasteiger partial charge on any atom is -0.465 e. The zero-order chi connectivity index (χ0) is 21.0. The van der Waals surface area contributed by atoms with Crippen LogP contribution >= 0.6 is 0 Å². The Balaban J connectivity index is 2.38. The zero-order valence-corrected chi connectivity index (χ0v) is 16.0. The van der Waals surface area contributed by atoms with Crippen molar-refractivity contribution in [1.82, 2.24) is 4.57 Å². The fourth-order valence-electron chi connectivity index (χ4n) is 3.36. The van der Waals surface area contributed by atoms with Gasteiger partial charge in [0, 0.05) is 23.2 Å². The van der Waals surface area contributed by atoms with Crippen molar-refractivity contribution in [3.05, 3.63) is 98.5 Å². The zero-order valence-electron chi connectivity index (χ0n) is 16.0. The molecule has 3 aromatic rings. The first kappa shape index (κ1) is 20.0. The lowest BCUT2D eigenvalue weighted by Crippen LogP contribution is -2.28. The van der Waals surface area contributed by atoms with Gasteiger partial charge in [0.1, 0.15) is 0 Å².